The number of carbonyl (C=O) groups is 1. The van der Waals surface area contributed by atoms with Gasteiger partial charge >= 0.3 is 0 Å². The highest BCUT2D eigenvalue weighted by Crippen LogP contribution is 2.31. The summed E-state index contributed by atoms with van der Waals surface area (Å²) in [5.74, 6) is -0.0831. The molecule has 2 aromatic rings. The molecule has 0 aliphatic rings. The molecule has 0 saturated heterocycles. The molecule has 0 amide bonds. The first-order valence-corrected chi connectivity index (χ1v) is 4.64. The Morgan fingerprint density at radius 2 is 2.31 bits per heavy atom. The molecule has 0 radical (unpaired) electrons. The zero-order valence-electron chi connectivity index (χ0n) is 6.94. The third kappa shape index (κ3) is 1.19. The molecule has 1 heterocycles. The average Bonchev–Trinajstić information content (AvgIpc) is 2.52. The van der Waals surface area contributed by atoms with Crippen LogP contribution in [0.5, 0.6) is 5.75 Å². The molecule has 0 bridgehead atoms. The molecule has 0 unspecified atom stereocenters. The van der Waals surface area contributed by atoms with Gasteiger partial charge in [0, 0.05) is 0 Å². The summed E-state index contributed by atoms with van der Waals surface area (Å²) in [6, 6.07) is 3.34. The van der Waals surface area contributed by atoms with Gasteiger partial charge in [-0.1, -0.05) is 0 Å². The van der Waals surface area contributed by atoms with Crippen LogP contribution >= 0.6 is 11.3 Å². The fourth-order valence-electron chi connectivity index (χ4n) is 1.20. The molecule has 2 rings (SSSR count). The van der Waals surface area contributed by atoms with Crippen molar-refractivity contribution in [2.75, 3.05) is 0 Å². The maximum absolute atomic E-state index is 11.1. The number of benzene rings is 1. The maximum Gasteiger partial charge on any atom is 0.163 e. The van der Waals surface area contributed by atoms with Crippen LogP contribution in [-0.2, 0) is 0 Å². The summed E-state index contributed by atoms with van der Waals surface area (Å²) in [5, 5.41) is 9.66. The smallest absolute Gasteiger partial charge is 0.163 e. The molecule has 4 heteroatoms. The summed E-state index contributed by atoms with van der Waals surface area (Å²) in [4.78, 5) is 15.1. The number of hydrogen-bond donors (Lipinski definition) is 1. The van der Waals surface area contributed by atoms with Crippen LogP contribution in [0.1, 0.15) is 17.3 Å². The zero-order chi connectivity index (χ0) is 9.42. The summed E-state index contributed by atoms with van der Waals surface area (Å²) >= 11 is 1.33. The summed E-state index contributed by atoms with van der Waals surface area (Å²) in [5.41, 5.74) is 2.73. The summed E-state index contributed by atoms with van der Waals surface area (Å²) in [7, 11) is 0. The molecular formula is C9H7NO2S. The quantitative estimate of drug-likeness (QED) is 0.706. The summed E-state index contributed by atoms with van der Waals surface area (Å²) in [6.45, 7) is 1.43. The van der Waals surface area contributed by atoms with E-state index in [-0.39, 0.29) is 11.5 Å². The Bertz CT molecular complexity index is 475. The van der Waals surface area contributed by atoms with Gasteiger partial charge in [0.25, 0.3) is 0 Å². The molecule has 1 N–H and O–H groups in total. The Morgan fingerprint density at radius 3 is 3.00 bits per heavy atom. The highest BCUT2D eigenvalue weighted by Gasteiger charge is 2.11. The Balaban J connectivity index is 2.80. The van der Waals surface area contributed by atoms with E-state index in [1.165, 1.54) is 18.3 Å². The second kappa shape index (κ2) is 2.81. The third-order valence-corrected chi connectivity index (χ3v) is 2.70. The van der Waals surface area contributed by atoms with E-state index in [0.717, 1.165) is 5.52 Å². The predicted octanol–water partition coefficient (Wildman–Crippen LogP) is 2.20. The first kappa shape index (κ1) is 8.19. The van der Waals surface area contributed by atoms with Gasteiger partial charge in [0.15, 0.2) is 5.78 Å². The standard InChI is InChI=1S/C9H7NO2S/c1-5(11)6-2-3-7-9(8(6)12)13-4-10-7/h2-4,12H,1H3. The van der Waals surface area contributed by atoms with Gasteiger partial charge in [-0.3, -0.25) is 4.79 Å². The Labute approximate surface area is 78.7 Å². The number of ketones is 1. The topological polar surface area (TPSA) is 50.2 Å². The number of Topliss-reactive ketones (excluding diaryl/α,β-unsaturated/α-hetero) is 1. The molecule has 13 heavy (non-hydrogen) atoms. The van der Waals surface area contributed by atoms with E-state index in [2.05, 4.69) is 4.98 Å². The number of fused-ring (bicyclic) bond motifs is 1. The molecule has 0 saturated carbocycles. The average molecular weight is 193 g/mol. The van der Waals surface area contributed by atoms with Crippen LogP contribution in [0, 0.1) is 0 Å². The van der Waals surface area contributed by atoms with Gasteiger partial charge in [0.05, 0.1) is 21.3 Å². The van der Waals surface area contributed by atoms with E-state index < -0.39 is 0 Å². The van der Waals surface area contributed by atoms with Gasteiger partial charge < -0.3 is 5.11 Å². The largest absolute Gasteiger partial charge is 0.506 e. The number of rotatable bonds is 1. The number of aromatic nitrogens is 1. The Hall–Kier alpha value is -1.42. The van der Waals surface area contributed by atoms with Gasteiger partial charge in [-0.05, 0) is 19.1 Å². The van der Waals surface area contributed by atoms with E-state index in [9.17, 15) is 9.90 Å². The molecular weight excluding hydrogens is 186 g/mol. The van der Waals surface area contributed by atoms with Gasteiger partial charge in [-0.15, -0.1) is 11.3 Å². The maximum atomic E-state index is 11.1. The number of nitrogens with zero attached hydrogens (tertiary/aromatic N) is 1. The minimum atomic E-state index is -0.132. The van der Waals surface area contributed by atoms with Crippen LogP contribution in [0.4, 0.5) is 0 Å². The van der Waals surface area contributed by atoms with Crippen molar-refractivity contribution in [1.29, 1.82) is 0 Å². The lowest BCUT2D eigenvalue weighted by atomic mass is 10.1. The van der Waals surface area contributed by atoms with Crippen molar-refractivity contribution in [3.05, 3.63) is 23.2 Å². The van der Waals surface area contributed by atoms with Crippen molar-refractivity contribution in [3.8, 4) is 5.75 Å². The number of aromatic hydroxyl groups is 1. The van der Waals surface area contributed by atoms with Crippen molar-refractivity contribution in [2.45, 2.75) is 6.92 Å². The molecule has 0 aliphatic heterocycles. The van der Waals surface area contributed by atoms with Crippen molar-refractivity contribution >= 4 is 27.3 Å². The van der Waals surface area contributed by atoms with E-state index in [1.807, 2.05) is 0 Å². The van der Waals surface area contributed by atoms with E-state index in [0.29, 0.717) is 10.3 Å². The van der Waals surface area contributed by atoms with Gasteiger partial charge in [0.2, 0.25) is 0 Å². The number of phenolic OH excluding ortho intramolecular Hbond substituents is 1. The highest BCUT2D eigenvalue weighted by molar-refractivity contribution is 7.17. The number of phenols is 1. The van der Waals surface area contributed by atoms with Crippen LogP contribution in [0.3, 0.4) is 0 Å². The molecule has 1 aromatic heterocycles. The summed E-state index contributed by atoms with van der Waals surface area (Å²) < 4.78 is 0.674. The second-order valence-corrected chi connectivity index (χ2v) is 3.57. The predicted molar refractivity (Wildman–Crippen MR) is 51.3 cm³/mol. The van der Waals surface area contributed by atoms with E-state index in [4.69, 9.17) is 0 Å². The Morgan fingerprint density at radius 1 is 1.54 bits per heavy atom. The summed E-state index contributed by atoms with van der Waals surface area (Å²) in [6.07, 6.45) is 0. The lowest BCUT2D eigenvalue weighted by Gasteiger charge is -1.99. The van der Waals surface area contributed by atoms with Crippen LogP contribution in [0.15, 0.2) is 17.6 Å². The number of hydrogen-bond acceptors (Lipinski definition) is 4. The Kier molecular flexibility index (Phi) is 1.77. The first-order valence-electron chi connectivity index (χ1n) is 3.76. The normalized spacial score (nSPS) is 10.5. The third-order valence-electron chi connectivity index (χ3n) is 1.85. The minimum Gasteiger partial charge on any atom is -0.506 e. The zero-order valence-corrected chi connectivity index (χ0v) is 7.76. The number of thiazole rings is 1. The lowest BCUT2D eigenvalue weighted by molar-refractivity contribution is 0.101. The van der Waals surface area contributed by atoms with Gasteiger partial charge in [-0.2, -0.15) is 0 Å². The highest BCUT2D eigenvalue weighted by atomic mass is 32.1. The minimum absolute atomic E-state index is 0.0486. The molecule has 0 spiro atoms. The molecule has 0 aliphatic carbocycles. The lowest BCUT2D eigenvalue weighted by Crippen LogP contribution is -1.91. The van der Waals surface area contributed by atoms with Crippen LogP contribution in [0.25, 0.3) is 10.2 Å². The molecule has 3 nitrogen and oxygen atoms in total. The van der Waals surface area contributed by atoms with E-state index in [1.54, 1.807) is 17.6 Å². The second-order valence-electron chi connectivity index (χ2n) is 2.72. The van der Waals surface area contributed by atoms with E-state index >= 15 is 0 Å². The van der Waals surface area contributed by atoms with Crippen molar-refractivity contribution < 1.29 is 9.90 Å². The monoisotopic (exact) mass is 193 g/mol. The fraction of sp³-hybridized carbons (Fsp3) is 0.111. The van der Waals surface area contributed by atoms with Crippen molar-refractivity contribution in [3.63, 3.8) is 0 Å². The molecule has 0 fully saturated rings. The fourth-order valence-corrected chi connectivity index (χ4v) is 1.93. The first-order chi connectivity index (χ1) is 6.20. The molecule has 0 atom stereocenters. The van der Waals surface area contributed by atoms with Crippen LogP contribution in [0.2, 0.25) is 0 Å². The van der Waals surface area contributed by atoms with Crippen molar-refractivity contribution in [1.82, 2.24) is 4.98 Å². The van der Waals surface area contributed by atoms with Crippen LogP contribution < -0.4 is 0 Å². The van der Waals surface area contributed by atoms with Gasteiger partial charge in [0.1, 0.15) is 5.75 Å². The molecule has 66 valence electrons. The number of carbonyl (C=O) groups excluding carboxylic acids is 1. The SMILES string of the molecule is CC(=O)c1ccc2ncsc2c1O. The molecule has 1 aromatic carbocycles. The van der Waals surface area contributed by atoms with Crippen LogP contribution in [-0.4, -0.2) is 15.9 Å². The van der Waals surface area contributed by atoms with Gasteiger partial charge in [-0.25, -0.2) is 4.98 Å². The van der Waals surface area contributed by atoms with Crippen molar-refractivity contribution in [2.24, 2.45) is 0 Å².